The lowest BCUT2D eigenvalue weighted by atomic mass is 9.87. The highest BCUT2D eigenvalue weighted by Gasteiger charge is 2.24. The van der Waals surface area contributed by atoms with Gasteiger partial charge in [0.25, 0.3) is 0 Å². The number of aryl methyl sites for hydroxylation is 1. The van der Waals surface area contributed by atoms with Gasteiger partial charge in [-0.3, -0.25) is 0 Å². The zero-order valence-corrected chi connectivity index (χ0v) is 15.3. The van der Waals surface area contributed by atoms with Crippen molar-refractivity contribution in [1.82, 2.24) is 0 Å². The van der Waals surface area contributed by atoms with E-state index in [1.54, 1.807) is 0 Å². The summed E-state index contributed by atoms with van der Waals surface area (Å²) < 4.78 is 6.09. The van der Waals surface area contributed by atoms with Crippen LogP contribution in [0.15, 0.2) is 72.0 Å². The standard InChI is InChI=1S/C21H21NO.CH5N/c1-4-8-17-19(5-2)23-20-13-15(22)11-12-18(20)21(17)16-10-7-6-9-14(16)3;1-2/h4-13H,22H2,1-3H3;2H2,1H3/b8-4-,19-5+;. The van der Waals surface area contributed by atoms with Crippen molar-refractivity contribution in [2.45, 2.75) is 20.8 Å². The van der Waals surface area contributed by atoms with Crippen LogP contribution in [0, 0.1) is 6.92 Å². The average Bonchev–Trinajstić information content (AvgIpc) is 2.64. The molecule has 2 aromatic carbocycles. The number of rotatable bonds is 2. The minimum atomic E-state index is 0.706. The molecule has 3 rings (SSSR count). The largest absolute Gasteiger partial charge is 0.456 e. The van der Waals surface area contributed by atoms with Gasteiger partial charge < -0.3 is 16.2 Å². The van der Waals surface area contributed by atoms with Gasteiger partial charge in [-0.2, -0.15) is 0 Å². The van der Waals surface area contributed by atoms with Gasteiger partial charge in [0.05, 0.1) is 0 Å². The van der Waals surface area contributed by atoms with Crippen LogP contribution in [0.2, 0.25) is 0 Å². The molecule has 0 bridgehead atoms. The van der Waals surface area contributed by atoms with Gasteiger partial charge in [0, 0.05) is 28.5 Å². The monoisotopic (exact) mass is 334 g/mol. The van der Waals surface area contributed by atoms with Gasteiger partial charge in [-0.05, 0) is 57.2 Å². The van der Waals surface area contributed by atoms with E-state index in [9.17, 15) is 0 Å². The molecular formula is C22H26N2O. The third-order valence-electron chi connectivity index (χ3n) is 4.04. The first kappa shape index (κ1) is 18.6. The van der Waals surface area contributed by atoms with Crippen LogP contribution in [0.3, 0.4) is 0 Å². The highest BCUT2D eigenvalue weighted by Crippen LogP contribution is 2.43. The third-order valence-corrected chi connectivity index (χ3v) is 4.04. The Labute approximate surface area is 150 Å². The van der Waals surface area contributed by atoms with Gasteiger partial charge in [0.15, 0.2) is 0 Å². The highest BCUT2D eigenvalue weighted by atomic mass is 16.5. The fraction of sp³-hybridized carbons (Fsp3) is 0.182. The second kappa shape index (κ2) is 8.36. The Balaban J connectivity index is 0.00000109. The average molecular weight is 334 g/mol. The molecule has 4 N–H and O–H groups in total. The molecule has 1 heterocycles. The maximum Gasteiger partial charge on any atom is 0.137 e. The highest BCUT2D eigenvalue weighted by molar-refractivity contribution is 5.91. The summed E-state index contributed by atoms with van der Waals surface area (Å²) in [5, 5.41) is 0. The fourth-order valence-corrected chi connectivity index (χ4v) is 2.96. The summed E-state index contributed by atoms with van der Waals surface area (Å²) >= 11 is 0. The van der Waals surface area contributed by atoms with E-state index >= 15 is 0 Å². The predicted molar refractivity (Wildman–Crippen MR) is 107 cm³/mol. The molecule has 0 fully saturated rings. The molecule has 1 aliphatic heterocycles. The number of ether oxygens (including phenoxy) is 1. The number of fused-ring (bicyclic) bond motifs is 1. The molecular weight excluding hydrogens is 308 g/mol. The van der Waals surface area contributed by atoms with E-state index in [0.29, 0.717) is 5.69 Å². The van der Waals surface area contributed by atoms with Gasteiger partial charge >= 0.3 is 0 Å². The lowest BCUT2D eigenvalue weighted by molar-refractivity contribution is 0.432. The smallest absolute Gasteiger partial charge is 0.137 e. The minimum absolute atomic E-state index is 0.706. The van der Waals surface area contributed by atoms with Crippen LogP contribution in [-0.4, -0.2) is 7.05 Å². The summed E-state index contributed by atoms with van der Waals surface area (Å²) in [5.41, 5.74) is 17.0. The first-order valence-electron chi connectivity index (χ1n) is 8.41. The number of nitrogens with two attached hydrogens (primary N) is 2. The molecule has 0 saturated heterocycles. The number of hydrogen-bond acceptors (Lipinski definition) is 3. The summed E-state index contributed by atoms with van der Waals surface area (Å²) in [6.07, 6.45) is 6.15. The van der Waals surface area contributed by atoms with Crippen molar-refractivity contribution in [1.29, 1.82) is 0 Å². The number of allylic oxidation sites excluding steroid dienone is 3. The van der Waals surface area contributed by atoms with Crippen LogP contribution in [-0.2, 0) is 0 Å². The molecule has 0 atom stereocenters. The predicted octanol–water partition coefficient (Wildman–Crippen LogP) is 4.83. The third kappa shape index (κ3) is 3.67. The number of hydrogen-bond donors (Lipinski definition) is 2. The molecule has 0 amide bonds. The topological polar surface area (TPSA) is 61.3 Å². The Hall–Kier alpha value is -2.78. The summed E-state index contributed by atoms with van der Waals surface area (Å²) in [5.74, 6) is 1.67. The van der Waals surface area contributed by atoms with Gasteiger partial charge in [-0.15, -0.1) is 0 Å². The Bertz CT molecular complexity index is 845. The van der Waals surface area contributed by atoms with Crippen LogP contribution in [0.4, 0.5) is 5.69 Å². The van der Waals surface area contributed by atoms with E-state index in [1.807, 2.05) is 44.2 Å². The van der Waals surface area contributed by atoms with Crippen molar-refractivity contribution in [3.8, 4) is 5.75 Å². The molecule has 3 nitrogen and oxygen atoms in total. The van der Waals surface area contributed by atoms with Gasteiger partial charge in [-0.25, -0.2) is 0 Å². The Kier molecular flexibility index (Phi) is 6.20. The lowest BCUT2D eigenvalue weighted by Crippen LogP contribution is -2.10. The van der Waals surface area contributed by atoms with Crippen molar-refractivity contribution >= 4 is 11.3 Å². The number of nitrogen functional groups attached to an aromatic ring is 1. The molecule has 0 spiro atoms. The van der Waals surface area contributed by atoms with Crippen LogP contribution in [0.5, 0.6) is 5.75 Å². The first-order chi connectivity index (χ1) is 12.2. The molecule has 0 radical (unpaired) electrons. The molecule has 0 saturated carbocycles. The Morgan fingerprint density at radius 2 is 1.68 bits per heavy atom. The first-order valence-corrected chi connectivity index (χ1v) is 8.41. The second-order valence-electron chi connectivity index (χ2n) is 5.61. The summed E-state index contributed by atoms with van der Waals surface area (Å²) in [6, 6.07) is 14.3. The van der Waals surface area contributed by atoms with Crippen molar-refractivity contribution in [3.05, 3.63) is 88.7 Å². The molecule has 3 heteroatoms. The fourth-order valence-electron chi connectivity index (χ4n) is 2.96. The quantitative estimate of drug-likeness (QED) is 0.774. The van der Waals surface area contributed by atoms with E-state index in [2.05, 4.69) is 43.0 Å². The van der Waals surface area contributed by atoms with E-state index in [-0.39, 0.29) is 0 Å². The van der Waals surface area contributed by atoms with Crippen LogP contribution in [0.1, 0.15) is 30.5 Å². The van der Waals surface area contributed by atoms with Crippen molar-refractivity contribution in [2.75, 3.05) is 12.8 Å². The molecule has 0 unspecified atom stereocenters. The molecule has 1 aliphatic rings. The Morgan fingerprint density at radius 3 is 2.32 bits per heavy atom. The molecule has 0 aromatic heterocycles. The van der Waals surface area contributed by atoms with E-state index < -0.39 is 0 Å². The van der Waals surface area contributed by atoms with E-state index in [1.165, 1.54) is 23.7 Å². The van der Waals surface area contributed by atoms with Crippen LogP contribution >= 0.6 is 0 Å². The normalized spacial score (nSPS) is 14.8. The molecule has 0 aliphatic carbocycles. The second-order valence-corrected chi connectivity index (χ2v) is 5.61. The number of anilines is 1. The number of benzene rings is 2. The van der Waals surface area contributed by atoms with Crippen molar-refractivity contribution < 1.29 is 4.74 Å². The van der Waals surface area contributed by atoms with E-state index in [0.717, 1.165) is 22.6 Å². The van der Waals surface area contributed by atoms with Gasteiger partial charge in [0.2, 0.25) is 0 Å². The molecule has 2 aromatic rings. The summed E-state index contributed by atoms with van der Waals surface area (Å²) in [4.78, 5) is 0. The van der Waals surface area contributed by atoms with Gasteiger partial charge in [-0.1, -0.05) is 36.4 Å². The minimum Gasteiger partial charge on any atom is -0.456 e. The van der Waals surface area contributed by atoms with Crippen molar-refractivity contribution in [2.24, 2.45) is 5.73 Å². The Morgan fingerprint density at radius 1 is 0.960 bits per heavy atom. The zero-order valence-electron chi connectivity index (χ0n) is 15.3. The molecule has 130 valence electrons. The zero-order chi connectivity index (χ0) is 18.4. The van der Waals surface area contributed by atoms with Crippen molar-refractivity contribution in [3.63, 3.8) is 0 Å². The molecule has 25 heavy (non-hydrogen) atoms. The van der Waals surface area contributed by atoms with E-state index in [4.69, 9.17) is 10.5 Å². The SMILES string of the molecule is C/C=C\C1=C(c2ccccc2C)c2ccc(N)cc2O/C1=C/C.CN. The maximum atomic E-state index is 6.09. The summed E-state index contributed by atoms with van der Waals surface area (Å²) in [6.45, 7) is 6.15. The van der Waals surface area contributed by atoms with Gasteiger partial charge in [0.1, 0.15) is 11.5 Å². The lowest BCUT2D eigenvalue weighted by Gasteiger charge is -2.26. The maximum absolute atomic E-state index is 6.09. The van der Waals surface area contributed by atoms with Crippen LogP contribution < -0.4 is 16.2 Å². The summed E-state index contributed by atoms with van der Waals surface area (Å²) in [7, 11) is 1.50. The van der Waals surface area contributed by atoms with Crippen LogP contribution in [0.25, 0.3) is 5.57 Å².